The number of rotatable bonds is 5. The lowest BCUT2D eigenvalue weighted by Crippen LogP contribution is -2.40. The maximum atomic E-state index is 12.8. The van der Waals surface area contributed by atoms with Crippen LogP contribution in [-0.2, 0) is 11.3 Å². The topological polar surface area (TPSA) is 97.4 Å². The quantitative estimate of drug-likeness (QED) is 0.695. The molecule has 1 saturated heterocycles. The first-order chi connectivity index (χ1) is 14.4. The molecule has 1 unspecified atom stereocenters. The number of nitrogens with one attached hydrogen (secondary N) is 1. The van der Waals surface area contributed by atoms with Crippen molar-refractivity contribution in [3.8, 4) is 0 Å². The largest absolute Gasteiger partial charge is 0.367 e. The molecule has 0 bridgehead atoms. The van der Waals surface area contributed by atoms with Gasteiger partial charge in [0.05, 0.1) is 17.1 Å². The van der Waals surface area contributed by atoms with Crippen molar-refractivity contribution in [1.82, 2.24) is 24.4 Å². The average molecular weight is 409 g/mol. The Morgan fingerprint density at radius 1 is 1.30 bits per heavy atom. The zero-order valence-electron chi connectivity index (χ0n) is 17.6. The molecule has 3 aromatic rings. The summed E-state index contributed by atoms with van der Waals surface area (Å²) in [5.41, 5.74) is 2.77. The minimum atomic E-state index is -0.314. The number of hydrogen-bond donors (Lipinski definition) is 1. The molecule has 1 fully saturated rings. The molecule has 1 atom stereocenters. The zero-order chi connectivity index (χ0) is 21.3. The molecule has 9 nitrogen and oxygen atoms in total. The molecular formula is C21H27N7O2. The van der Waals surface area contributed by atoms with Crippen LogP contribution >= 0.6 is 0 Å². The molecule has 1 aliphatic heterocycles. The van der Waals surface area contributed by atoms with Crippen LogP contribution in [0.2, 0.25) is 0 Å². The van der Waals surface area contributed by atoms with Gasteiger partial charge in [-0.05, 0) is 44.2 Å². The van der Waals surface area contributed by atoms with Crippen molar-refractivity contribution in [2.45, 2.75) is 58.5 Å². The molecule has 0 radical (unpaired) electrons. The Morgan fingerprint density at radius 3 is 2.90 bits per heavy atom. The molecule has 0 aromatic carbocycles. The molecule has 1 N–H and O–H groups in total. The van der Waals surface area contributed by atoms with Crippen LogP contribution in [0.5, 0.6) is 0 Å². The predicted molar refractivity (Wildman–Crippen MR) is 115 cm³/mol. The number of hydrogen-bond acceptors (Lipinski definition) is 6. The van der Waals surface area contributed by atoms with E-state index in [-0.39, 0.29) is 23.9 Å². The number of carbonyl (C=O) groups is 1. The van der Waals surface area contributed by atoms with Gasteiger partial charge in [0.2, 0.25) is 5.91 Å². The summed E-state index contributed by atoms with van der Waals surface area (Å²) in [4.78, 5) is 27.6. The molecular weight excluding hydrogens is 382 g/mol. The van der Waals surface area contributed by atoms with Gasteiger partial charge in [0, 0.05) is 24.8 Å². The third kappa shape index (κ3) is 4.05. The molecule has 3 aromatic heterocycles. The Hall–Kier alpha value is -3.23. The van der Waals surface area contributed by atoms with Gasteiger partial charge in [0.1, 0.15) is 12.9 Å². The van der Waals surface area contributed by atoms with E-state index in [0.717, 1.165) is 30.8 Å². The van der Waals surface area contributed by atoms with Crippen LogP contribution in [0.25, 0.3) is 5.65 Å². The number of nitrogens with zero attached hydrogens (tertiary/aromatic N) is 6. The van der Waals surface area contributed by atoms with Gasteiger partial charge < -0.3 is 10.2 Å². The smallest absolute Gasteiger partial charge is 0.269 e. The summed E-state index contributed by atoms with van der Waals surface area (Å²) in [5, 5.41) is 15.1. The van der Waals surface area contributed by atoms with Gasteiger partial charge in [-0.3, -0.25) is 14.0 Å². The Labute approximate surface area is 174 Å². The molecule has 0 saturated carbocycles. The number of piperidine rings is 1. The van der Waals surface area contributed by atoms with Crippen molar-refractivity contribution in [1.29, 1.82) is 0 Å². The van der Waals surface area contributed by atoms with Crippen molar-refractivity contribution in [3.05, 3.63) is 46.8 Å². The van der Waals surface area contributed by atoms with Crippen molar-refractivity contribution >= 4 is 22.9 Å². The Morgan fingerprint density at radius 2 is 2.13 bits per heavy atom. The van der Waals surface area contributed by atoms with Crippen LogP contribution in [0.15, 0.2) is 35.5 Å². The van der Waals surface area contributed by atoms with Crippen molar-refractivity contribution in [2.24, 2.45) is 0 Å². The number of carbonyl (C=O) groups excluding carboxylic acids is 1. The Balaban J connectivity index is 1.56. The highest BCUT2D eigenvalue weighted by molar-refractivity contribution is 5.90. The second kappa shape index (κ2) is 8.25. The molecule has 4 heterocycles. The van der Waals surface area contributed by atoms with Crippen LogP contribution in [0.3, 0.4) is 0 Å². The van der Waals surface area contributed by atoms with E-state index in [1.807, 2.05) is 0 Å². The SMILES string of the molecule is CC(C)c1nn(CC(=O)Nc2ccc3nncn3c2)c(=O)cc1N1CCCCC1C. The van der Waals surface area contributed by atoms with Gasteiger partial charge in [0.15, 0.2) is 5.65 Å². The van der Waals surface area contributed by atoms with Gasteiger partial charge in [-0.25, -0.2) is 4.68 Å². The van der Waals surface area contributed by atoms with Crippen LogP contribution in [0.1, 0.15) is 51.6 Å². The summed E-state index contributed by atoms with van der Waals surface area (Å²) in [6, 6.07) is 5.53. The highest BCUT2D eigenvalue weighted by atomic mass is 16.2. The summed E-state index contributed by atoms with van der Waals surface area (Å²) in [5.74, 6) is -0.175. The number of aromatic nitrogens is 5. The fourth-order valence-electron chi connectivity index (χ4n) is 3.94. The fourth-order valence-corrected chi connectivity index (χ4v) is 3.94. The molecule has 1 aliphatic rings. The van der Waals surface area contributed by atoms with E-state index in [9.17, 15) is 9.59 Å². The molecule has 0 spiro atoms. The van der Waals surface area contributed by atoms with Crippen LogP contribution in [-0.4, -0.2) is 42.9 Å². The van der Waals surface area contributed by atoms with E-state index in [0.29, 0.717) is 17.4 Å². The molecule has 1 amide bonds. The number of fused-ring (bicyclic) bond motifs is 1. The fraction of sp³-hybridized carbons (Fsp3) is 0.476. The zero-order valence-corrected chi connectivity index (χ0v) is 17.6. The normalized spacial score (nSPS) is 16.9. The van der Waals surface area contributed by atoms with Gasteiger partial charge in [-0.2, -0.15) is 5.10 Å². The van der Waals surface area contributed by atoms with Gasteiger partial charge >= 0.3 is 0 Å². The lowest BCUT2D eigenvalue weighted by atomic mass is 10.0. The van der Waals surface area contributed by atoms with Crippen molar-refractivity contribution in [2.75, 3.05) is 16.8 Å². The summed E-state index contributed by atoms with van der Waals surface area (Å²) >= 11 is 0. The van der Waals surface area contributed by atoms with E-state index < -0.39 is 0 Å². The number of pyridine rings is 1. The van der Waals surface area contributed by atoms with Crippen LogP contribution < -0.4 is 15.8 Å². The highest BCUT2D eigenvalue weighted by Gasteiger charge is 2.24. The maximum absolute atomic E-state index is 12.8. The van der Waals surface area contributed by atoms with E-state index in [2.05, 4.69) is 46.3 Å². The summed E-state index contributed by atoms with van der Waals surface area (Å²) in [7, 11) is 0. The van der Waals surface area contributed by atoms with Crippen LogP contribution in [0, 0.1) is 0 Å². The number of anilines is 2. The average Bonchev–Trinajstić information content (AvgIpc) is 3.17. The summed E-state index contributed by atoms with van der Waals surface area (Å²) < 4.78 is 2.96. The second-order valence-corrected chi connectivity index (χ2v) is 8.17. The van der Waals surface area contributed by atoms with E-state index >= 15 is 0 Å². The molecule has 4 rings (SSSR count). The summed E-state index contributed by atoms with van der Waals surface area (Å²) in [6.45, 7) is 7.09. The number of amides is 1. The van der Waals surface area contributed by atoms with E-state index in [1.54, 1.807) is 35.1 Å². The molecule has 30 heavy (non-hydrogen) atoms. The molecule has 9 heteroatoms. The van der Waals surface area contributed by atoms with Gasteiger partial charge in [0.25, 0.3) is 5.56 Å². The molecule has 0 aliphatic carbocycles. The first-order valence-corrected chi connectivity index (χ1v) is 10.4. The summed E-state index contributed by atoms with van der Waals surface area (Å²) in [6.07, 6.45) is 6.72. The third-order valence-electron chi connectivity index (χ3n) is 5.53. The standard InChI is InChI=1S/C21H27N7O2/c1-14(2)21-17(27-9-5-4-6-15(27)3)10-20(30)28(25-21)12-19(29)23-16-7-8-18-24-22-13-26(18)11-16/h7-8,10-11,13-15H,4-6,9,12H2,1-3H3,(H,23,29). The van der Waals surface area contributed by atoms with Crippen LogP contribution in [0.4, 0.5) is 11.4 Å². The van der Waals surface area contributed by atoms with Crippen molar-refractivity contribution < 1.29 is 4.79 Å². The Kier molecular flexibility index (Phi) is 5.52. The minimum Gasteiger partial charge on any atom is -0.367 e. The van der Waals surface area contributed by atoms with Gasteiger partial charge in [-0.15, -0.1) is 10.2 Å². The first kappa shape index (κ1) is 20.1. The second-order valence-electron chi connectivity index (χ2n) is 8.17. The Bertz CT molecular complexity index is 1120. The van der Waals surface area contributed by atoms with E-state index in [4.69, 9.17) is 0 Å². The predicted octanol–water partition coefficient (Wildman–Crippen LogP) is 2.43. The highest BCUT2D eigenvalue weighted by Crippen LogP contribution is 2.29. The van der Waals surface area contributed by atoms with E-state index in [1.165, 1.54) is 11.1 Å². The minimum absolute atomic E-state index is 0.139. The monoisotopic (exact) mass is 409 g/mol. The lowest BCUT2D eigenvalue weighted by molar-refractivity contribution is -0.117. The van der Waals surface area contributed by atoms with Crippen molar-refractivity contribution in [3.63, 3.8) is 0 Å². The molecule has 158 valence electrons. The lowest BCUT2D eigenvalue weighted by Gasteiger charge is -2.36. The first-order valence-electron chi connectivity index (χ1n) is 10.4. The maximum Gasteiger partial charge on any atom is 0.269 e. The van der Waals surface area contributed by atoms with Gasteiger partial charge in [-0.1, -0.05) is 13.8 Å². The third-order valence-corrected chi connectivity index (χ3v) is 5.53.